The van der Waals surface area contributed by atoms with Crippen molar-refractivity contribution in [1.29, 1.82) is 0 Å². The zero-order chi connectivity index (χ0) is 9.42. The van der Waals surface area contributed by atoms with E-state index in [9.17, 15) is 4.39 Å². The van der Waals surface area contributed by atoms with Gasteiger partial charge in [-0.25, -0.2) is 4.98 Å². The standard InChI is InChI=1S/C10H13FN2/c1-6-4-8(10(11)13-5-6)9(12)7-2-3-7/h4-5,7,9H,2-3,12H2,1H3/t9-/m1/s1. The van der Waals surface area contributed by atoms with Crippen LogP contribution in [0.25, 0.3) is 0 Å². The van der Waals surface area contributed by atoms with Gasteiger partial charge in [-0.15, -0.1) is 0 Å². The summed E-state index contributed by atoms with van der Waals surface area (Å²) in [5, 5.41) is 0. The van der Waals surface area contributed by atoms with E-state index in [4.69, 9.17) is 5.73 Å². The number of nitrogens with zero attached hydrogens (tertiary/aromatic N) is 1. The molecular formula is C10H13FN2. The first kappa shape index (κ1) is 8.63. The fourth-order valence-corrected chi connectivity index (χ4v) is 1.52. The second-order valence-corrected chi connectivity index (χ2v) is 3.76. The van der Waals surface area contributed by atoms with Gasteiger partial charge in [-0.05, 0) is 37.3 Å². The maximum absolute atomic E-state index is 13.2. The van der Waals surface area contributed by atoms with Crippen LogP contribution in [-0.4, -0.2) is 4.98 Å². The number of nitrogens with two attached hydrogens (primary N) is 1. The lowest BCUT2D eigenvalue weighted by atomic mass is 10.0. The molecule has 70 valence electrons. The van der Waals surface area contributed by atoms with E-state index in [-0.39, 0.29) is 6.04 Å². The zero-order valence-corrected chi connectivity index (χ0v) is 7.63. The van der Waals surface area contributed by atoms with Crippen molar-refractivity contribution in [2.75, 3.05) is 0 Å². The smallest absolute Gasteiger partial charge is 0.217 e. The summed E-state index contributed by atoms with van der Waals surface area (Å²) in [6, 6.07) is 1.64. The van der Waals surface area contributed by atoms with Gasteiger partial charge in [0.25, 0.3) is 0 Å². The van der Waals surface area contributed by atoms with Crippen molar-refractivity contribution >= 4 is 0 Å². The Morgan fingerprint density at radius 3 is 2.92 bits per heavy atom. The Morgan fingerprint density at radius 2 is 2.31 bits per heavy atom. The first-order valence-corrected chi connectivity index (χ1v) is 4.56. The Bertz CT molecular complexity index is 321. The Morgan fingerprint density at radius 1 is 1.62 bits per heavy atom. The van der Waals surface area contributed by atoms with Crippen molar-refractivity contribution in [3.8, 4) is 0 Å². The number of hydrogen-bond acceptors (Lipinski definition) is 2. The highest BCUT2D eigenvalue weighted by Crippen LogP contribution is 2.39. The topological polar surface area (TPSA) is 38.9 Å². The summed E-state index contributed by atoms with van der Waals surface area (Å²) in [7, 11) is 0. The molecule has 1 atom stereocenters. The van der Waals surface area contributed by atoms with Crippen molar-refractivity contribution in [3.05, 3.63) is 29.3 Å². The van der Waals surface area contributed by atoms with Crippen LogP contribution < -0.4 is 5.73 Å². The molecule has 1 saturated carbocycles. The molecule has 0 unspecified atom stereocenters. The Hall–Kier alpha value is -0.960. The molecule has 0 bridgehead atoms. The summed E-state index contributed by atoms with van der Waals surface area (Å²) in [6.45, 7) is 1.90. The fourth-order valence-electron chi connectivity index (χ4n) is 1.52. The largest absolute Gasteiger partial charge is 0.324 e. The molecule has 0 radical (unpaired) electrons. The first-order valence-electron chi connectivity index (χ1n) is 4.56. The van der Waals surface area contributed by atoms with Gasteiger partial charge in [0.05, 0.1) is 0 Å². The quantitative estimate of drug-likeness (QED) is 0.706. The van der Waals surface area contributed by atoms with Crippen LogP contribution in [-0.2, 0) is 0 Å². The van der Waals surface area contributed by atoms with E-state index < -0.39 is 5.95 Å². The Kier molecular flexibility index (Phi) is 2.04. The van der Waals surface area contributed by atoms with Gasteiger partial charge in [-0.1, -0.05) is 0 Å². The maximum Gasteiger partial charge on any atom is 0.217 e. The molecule has 1 aromatic heterocycles. The first-order chi connectivity index (χ1) is 6.18. The summed E-state index contributed by atoms with van der Waals surface area (Å²) in [5.74, 6) is 0.0584. The molecular weight excluding hydrogens is 167 g/mol. The van der Waals surface area contributed by atoms with Crippen LogP contribution in [0.15, 0.2) is 12.3 Å². The third kappa shape index (κ3) is 1.70. The summed E-state index contributed by atoms with van der Waals surface area (Å²) in [5.41, 5.74) is 7.43. The third-order valence-corrected chi connectivity index (χ3v) is 2.49. The van der Waals surface area contributed by atoms with Crippen molar-refractivity contribution in [3.63, 3.8) is 0 Å². The maximum atomic E-state index is 13.2. The van der Waals surface area contributed by atoms with Crippen LogP contribution in [0.2, 0.25) is 0 Å². The molecule has 1 heterocycles. The van der Waals surface area contributed by atoms with Crippen molar-refractivity contribution in [2.45, 2.75) is 25.8 Å². The predicted molar refractivity (Wildman–Crippen MR) is 48.6 cm³/mol. The van der Waals surface area contributed by atoms with Crippen molar-refractivity contribution in [1.82, 2.24) is 4.98 Å². The second kappa shape index (κ2) is 3.07. The SMILES string of the molecule is Cc1cnc(F)c([C@H](N)C2CC2)c1. The van der Waals surface area contributed by atoms with Gasteiger partial charge in [0.1, 0.15) is 0 Å². The number of aryl methyl sites for hydroxylation is 1. The average Bonchev–Trinajstić information content (AvgIpc) is 2.91. The fraction of sp³-hybridized carbons (Fsp3) is 0.500. The number of halogens is 1. The van der Waals surface area contributed by atoms with Gasteiger partial charge in [-0.2, -0.15) is 4.39 Å². The van der Waals surface area contributed by atoms with Gasteiger partial charge < -0.3 is 5.73 Å². The van der Waals surface area contributed by atoms with Crippen LogP contribution >= 0.6 is 0 Å². The summed E-state index contributed by atoms with van der Waals surface area (Å²) in [6.07, 6.45) is 3.77. The molecule has 1 aromatic rings. The minimum Gasteiger partial charge on any atom is -0.324 e. The number of pyridine rings is 1. The van der Waals surface area contributed by atoms with Gasteiger partial charge in [0.2, 0.25) is 5.95 Å². The number of rotatable bonds is 2. The van der Waals surface area contributed by atoms with Crippen LogP contribution in [0.3, 0.4) is 0 Å². The summed E-state index contributed by atoms with van der Waals surface area (Å²) in [4.78, 5) is 3.66. The molecule has 1 aliphatic carbocycles. The lowest BCUT2D eigenvalue weighted by Gasteiger charge is -2.11. The Balaban J connectivity index is 2.31. The highest BCUT2D eigenvalue weighted by molar-refractivity contribution is 5.22. The molecule has 1 fully saturated rings. The van der Waals surface area contributed by atoms with Crippen molar-refractivity contribution in [2.24, 2.45) is 11.7 Å². The van der Waals surface area contributed by atoms with E-state index in [0.717, 1.165) is 18.4 Å². The van der Waals surface area contributed by atoms with E-state index in [0.29, 0.717) is 11.5 Å². The molecule has 0 aliphatic heterocycles. The normalized spacial score (nSPS) is 18.7. The molecule has 2 rings (SSSR count). The molecule has 13 heavy (non-hydrogen) atoms. The lowest BCUT2D eigenvalue weighted by molar-refractivity contribution is 0.523. The third-order valence-electron chi connectivity index (χ3n) is 2.49. The lowest BCUT2D eigenvalue weighted by Crippen LogP contribution is -2.15. The number of hydrogen-bond donors (Lipinski definition) is 1. The molecule has 1 aliphatic rings. The van der Waals surface area contributed by atoms with Gasteiger partial charge >= 0.3 is 0 Å². The van der Waals surface area contributed by atoms with Gasteiger partial charge in [0, 0.05) is 17.8 Å². The van der Waals surface area contributed by atoms with Crippen LogP contribution in [0.5, 0.6) is 0 Å². The molecule has 3 heteroatoms. The highest BCUT2D eigenvalue weighted by atomic mass is 19.1. The van der Waals surface area contributed by atoms with Crippen molar-refractivity contribution < 1.29 is 4.39 Å². The zero-order valence-electron chi connectivity index (χ0n) is 7.63. The van der Waals surface area contributed by atoms with E-state index in [1.165, 1.54) is 6.20 Å². The average molecular weight is 180 g/mol. The molecule has 0 amide bonds. The Labute approximate surface area is 77.0 Å². The monoisotopic (exact) mass is 180 g/mol. The second-order valence-electron chi connectivity index (χ2n) is 3.76. The van der Waals surface area contributed by atoms with E-state index in [1.54, 1.807) is 6.07 Å². The molecule has 0 spiro atoms. The van der Waals surface area contributed by atoms with Gasteiger partial charge in [-0.3, -0.25) is 0 Å². The molecule has 0 saturated heterocycles. The minimum absolute atomic E-state index is 0.160. The van der Waals surface area contributed by atoms with E-state index in [2.05, 4.69) is 4.98 Å². The van der Waals surface area contributed by atoms with Gasteiger partial charge in [0.15, 0.2) is 0 Å². The summed E-state index contributed by atoms with van der Waals surface area (Å²) < 4.78 is 13.2. The summed E-state index contributed by atoms with van der Waals surface area (Å²) >= 11 is 0. The predicted octanol–water partition coefficient (Wildman–Crippen LogP) is 1.94. The van der Waals surface area contributed by atoms with Crippen LogP contribution in [0, 0.1) is 18.8 Å². The van der Waals surface area contributed by atoms with Crippen LogP contribution in [0.4, 0.5) is 4.39 Å². The number of aromatic nitrogens is 1. The van der Waals surface area contributed by atoms with E-state index >= 15 is 0 Å². The minimum atomic E-state index is -0.412. The molecule has 2 N–H and O–H groups in total. The highest BCUT2D eigenvalue weighted by Gasteiger charge is 2.31. The molecule has 0 aromatic carbocycles. The van der Waals surface area contributed by atoms with Crippen LogP contribution in [0.1, 0.15) is 30.0 Å². The molecule has 2 nitrogen and oxygen atoms in total. The van der Waals surface area contributed by atoms with E-state index in [1.807, 2.05) is 6.92 Å².